The number of hydrogen-bond acceptors (Lipinski definition) is 3. The van der Waals surface area contributed by atoms with Gasteiger partial charge in [0.15, 0.2) is 0 Å². The second-order valence-corrected chi connectivity index (χ2v) is 4.94. The first kappa shape index (κ1) is 12.0. The van der Waals surface area contributed by atoms with Crippen molar-refractivity contribution >= 4 is 0 Å². The zero-order valence-corrected chi connectivity index (χ0v) is 9.75. The van der Waals surface area contributed by atoms with Gasteiger partial charge in [-0.2, -0.15) is 0 Å². The van der Waals surface area contributed by atoms with Crippen LogP contribution in [-0.4, -0.2) is 42.8 Å². The molecule has 1 heterocycles. The van der Waals surface area contributed by atoms with Crippen molar-refractivity contribution in [3.8, 4) is 0 Å². The molecular formula is C11H24N2O. The van der Waals surface area contributed by atoms with E-state index in [1.807, 2.05) is 0 Å². The summed E-state index contributed by atoms with van der Waals surface area (Å²) in [5.41, 5.74) is 5.91. The Balaban J connectivity index is 2.32. The summed E-state index contributed by atoms with van der Waals surface area (Å²) >= 11 is 0. The van der Waals surface area contributed by atoms with Crippen molar-refractivity contribution in [1.82, 2.24) is 4.90 Å². The van der Waals surface area contributed by atoms with Gasteiger partial charge in [0, 0.05) is 25.2 Å². The highest BCUT2D eigenvalue weighted by Gasteiger charge is 2.23. The van der Waals surface area contributed by atoms with Gasteiger partial charge in [-0.25, -0.2) is 0 Å². The summed E-state index contributed by atoms with van der Waals surface area (Å²) in [4.78, 5) is 2.42. The van der Waals surface area contributed by atoms with Crippen LogP contribution in [0.25, 0.3) is 0 Å². The van der Waals surface area contributed by atoms with Gasteiger partial charge in [0.1, 0.15) is 0 Å². The monoisotopic (exact) mass is 200 g/mol. The molecule has 0 bridgehead atoms. The lowest BCUT2D eigenvalue weighted by Gasteiger charge is -2.36. The molecule has 3 nitrogen and oxygen atoms in total. The van der Waals surface area contributed by atoms with Crippen LogP contribution in [0.15, 0.2) is 0 Å². The molecule has 1 aliphatic rings. The Kier molecular flexibility index (Phi) is 4.35. The van der Waals surface area contributed by atoms with Gasteiger partial charge < -0.3 is 10.5 Å². The molecule has 0 aromatic rings. The molecule has 0 spiro atoms. The van der Waals surface area contributed by atoms with Crippen LogP contribution in [0.2, 0.25) is 0 Å². The topological polar surface area (TPSA) is 38.5 Å². The van der Waals surface area contributed by atoms with E-state index in [2.05, 4.69) is 25.7 Å². The van der Waals surface area contributed by atoms with Crippen molar-refractivity contribution < 1.29 is 4.74 Å². The quantitative estimate of drug-likeness (QED) is 0.741. The van der Waals surface area contributed by atoms with Gasteiger partial charge in [-0.15, -0.1) is 0 Å². The minimum absolute atomic E-state index is 0.0892. The van der Waals surface area contributed by atoms with Crippen LogP contribution in [0.3, 0.4) is 0 Å². The van der Waals surface area contributed by atoms with Crippen LogP contribution in [-0.2, 0) is 4.74 Å². The Hall–Kier alpha value is -0.120. The fourth-order valence-corrected chi connectivity index (χ4v) is 2.10. The fourth-order valence-electron chi connectivity index (χ4n) is 2.10. The smallest absolute Gasteiger partial charge is 0.0702 e. The molecular weight excluding hydrogens is 176 g/mol. The maximum Gasteiger partial charge on any atom is 0.0702 e. The van der Waals surface area contributed by atoms with Crippen molar-refractivity contribution in [3.63, 3.8) is 0 Å². The third-order valence-corrected chi connectivity index (χ3v) is 2.50. The highest BCUT2D eigenvalue weighted by Crippen LogP contribution is 2.14. The van der Waals surface area contributed by atoms with Gasteiger partial charge in [0.05, 0.1) is 6.10 Å². The molecule has 1 fully saturated rings. The standard InChI is InChI=1S/C11H24N2O/c1-4-14-10-6-5-7-13(8-10)9-11(2,3)12/h10H,4-9,12H2,1-3H3. The SMILES string of the molecule is CCOC1CCCN(CC(C)(C)N)C1. The van der Waals surface area contributed by atoms with E-state index in [0.717, 1.165) is 19.7 Å². The number of rotatable bonds is 4. The Morgan fingerprint density at radius 1 is 1.50 bits per heavy atom. The maximum absolute atomic E-state index is 6.00. The summed E-state index contributed by atoms with van der Waals surface area (Å²) in [7, 11) is 0. The van der Waals surface area contributed by atoms with Crippen molar-refractivity contribution in [3.05, 3.63) is 0 Å². The molecule has 84 valence electrons. The average Bonchev–Trinajstić information content (AvgIpc) is 2.02. The van der Waals surface area contributed by atoms with Crippen LogP contribution < -0.4 is 5.73 Å². The van der Waals surface area contributed by atoms with Crippen molar-refractivity contribution in [2.45, 2.75) is 45.3 Å². The summed E-state index contributed by atoms with van der Waals surface area (Å²) < 4.78 is 5.65. The van der Waals surface area contributed by atoms with E-state index in [4.69, 9.17) is 10.5 Å². The van der Waals surface area contributed by atoms with Gasteiger partial charge in [0.25, 0.3) is 0 Å². The Morgan fingerprint density at radius 2 is 2.21 bits per heavy atom. The second-order valence-electron chi connectivity index (χ2n) is 4.94. The molecule has 1 aliphatic heterocycles. The number of ether oxygens (including phenoxy) is 1. The summed E-state index contributed by atoms with van der Waals surface area (Å²) in [5.74, 6) is 0. The first-order chi connectivity index (χ1) is 6.51. The molecule has 1 atom stereocenters. The number of nitrogens with zero attached hydrogens (tertiary/aromatic N) is 1. The normalized spacial score (nSPS) is 25.3. The molecule has 1 rings (SSSR count). The Bertz CT molecular complexity index is 163. The predicted molar refractivity (Wildman–Crippen MR) is 59.4 cm³/mol. The van der Waals surface area contributed by atoms with Crippen LogP contribution in [0.4, 0.5) is 0 Å². The third kappa shape index (κ3) is 4.40. The number of likely N-dealkylation sites (tertiary alicyclic amines) is 1. The minimum atomic E-state index is -0.0892. The summed E-state index contributed by atoms with van der Waals surface area (Å²) in [5, 5.41) is 0. The molecule has 0 amide bonds. The van der Waals surface area contributed by atoms with E-state index >= 15 is 0 Å². The maximum atomic E-state index is 6.00. The molecule has 14 heavy (non-hydrogen) atoms. The van der Waals surface area contributed by atoms with Gasteiger partial charge in [-0.3, -0.25) is 4.90 Å². The second kappa shape index (κ2) is 5.10. The van der Waals surface area contributed by atoms with Crippen molar-refractivity contribution in [2.24, 2.45) is 5.73 Å². The van der Waals surface area contributed by atoms with Crippen molar-refractivity contribution in [1.29, 1.82) is 0 Å². The van der Waals surface area contributed by atoms with E-state index in [9.17, 15) is 0 Å². The van der Waals surface area contributed by atoms with E-state index in [1.54, 1.807) is 0 Å². The zero-order chi connectivity index (χ0) is 10.6. The largest absolute Gasteiger partial charge is 0.377 e. The number of hydrogen-bond donors (Lipinski definition) is 1. The van der Waals surface area contributed by atoms with Gasteiger partial charge >= 0.3 is 0 Å². The van der Waals surface area contributed by atoms with Crippen molar-refractivity contribution in [2.75, 3.05) is 26.2 Å². The van der Waals surface area contributed by atoms with Gasteiger partial charge in [-0.05, 0) is 40.2 Å². The molecule has 0 saturated carbocycles. The molecule has 0 aromatic carbocycles. The minimum Gasteiger partial charge on any atom is -0.377 e. The van der Waals surface area contributed by atoms with Crippen LogP contribution in [0.1, 0.15) is 33.6 Å². The molecule has 3 heteroatoms. The number of nitrogens with two attached hydrogens (primary N) is 1. The third-order valence-electron chi connectivity index (χ3n) is 2.50. The molecule has 0 aromatic heterocycles. The molecule has 1 unspecified atom stereocenters. The molecule has 0 aliphatic carbocycles. The molecule has 1 saturated heterocycles. The molecule has 2 N–H and O–H groups in total. The van der Waals surface area contributed by atoms with E-state index in [-0.39, 0.29) is 5.54 Å². The predicted octanol–water partition coefficient (Wildman–Crippen LogP) is 1.22. The molecule has 0 radical (unpaired) electrons. The van der Waals surface area contributed by atoms with Crippen LogP contribution in [0, 0.1) is 0 Å². The van der Waals surface area contributed by atoms with Crippen LogP contribution in [0.5, 0.6) is 0 Å². The lowest BCUT2D eigenvalue weighted by atomic mass is 10.0. The lowest BCUT2D eigenvalue weighted by Crippen LogP contribution is -2.50. The highest BCUT2D eigenvalue weighted by atomic mass is 16.5. The van der Waals surface area contributed by atoms with Gasteiger partial charge in [-0.1, -0.05) is 0 Å². The summed E-state index contributed by atoms with van der Waals surface area (Å²) in [6.07, 6.45) is 2.87. The van der Waals surface area contributed by atoms with E-state index in [1.165, 1.54) is 19.4 Å². The highest BCUT2D eigenvalue weighted by molar-refractivity contribution is 4.81. The first-order valence-corrected chi connectivity index (χ1v) is 5.64. The summed E-state index contributed by atoms with van der Waals surface area (Å²) in [6, 6.07) is 0. The van der Waals surface area contributed by atoms with Crippen LogP contribution >= 0.6 is 0 Å². The average molecular weight is 200 g/mol. The first-order valence-electron chi connectivity index (χ1n) is 5.64. The summed E-state index contributed by atoms with van der Waals surface area (Å²) in [6.45, 7) is 10.2. The van der Waals surface area contributed by atoms with E-state index < -0.39 is 0 Å². The van der Waals surface area contributed by atoms with E-state index in [0.29, 0.717) is 6.10 Å². The van der Waals surface area contributed by atoms with Gasteiger partial charge in [0.2, 0.25) is 0 Å². The zero-order valence-electron chi connectivity index (χ0n) is 9.75. The number of piperidine rings is 1. The fraction of sp³-hybridized carbons (Fsp3) is 1.00. The Morgan fingerprint density at radius 3 is 2.79 bits per heavy atom. The Labute approximate surface area is 87.6 Å². The lowest BCUT2D eigenvalue weighted by molar-refractivity contribution is 0.00166.